The normalized spacial score (nSPS) is 14.8. The van der Waals surface area contributed by atoms with Crippen LogP contribution in [0.1, 0.15) is 43.6 Å². The Morgan fingerprint density at radius 2 is 1.73 bits per heavy atom. The first-order chi connectivity index (χ1) is 14.7. The van der Waals surface area contributed by atoms with E-state index in [1.807, 2.05) is 0 Å². The minimum Gasteiger partial charge on any atom is -0.496 e. The monoisotopic (exact) mass is 403 g/mol. The van der Waals surface area contributed by atoms with Crippen molar-refractivity contribution in [1.82, 2.24) is 15.2 Å². The smallest absolute Gasteiger partial charge is 0.349 e. The summed E-state index contributed by atoms with van der Waals surface area (Å²) in [6.07, 6.45) is 9.30. The lowest BCUT2D eigenvalue weighted by atomic mass is 9.83. The largest absolute Gasteiger partial charge is 0.496 e. The van der Waals surface area contributed by atoms with E-state index in [2.05, 4.69) is 21.2 Å². The van der Waals surface area contributed by atoms with E-state index in [1.165, 1.54) is 19.3 Å². The number of ether oxygens (including phenoxy) is 1. The molecule has 4 aromatic rings. The van der Waals surface area contributed by atoms with E-state index in [-0.39, 0.29) is 11.5 Å². The Kier molecular flexibility index (Phi) is 4.78. The number of nitrogens with zero attached hydrogens (tertiary/aromatic N) is 3. The number of hydrogen-bond acceptors (Lipinski definition) is 7. The van der Waals surface area contributed by atoms with Gasteiger partial charge in [0.15, 0.2) is 0 Å². The molecule has 0 atom stereocenters. The third kappa shape index (κ3) is 3.36. The van der Waals surface area contributed by atoms with Crippen LogP contribution in [0.25, 0.3) is 33.9 Å². The molecule has 0 bridgehead atoms. The summed E-state index contributed by atoms with van der Waals surface area (Å²) in [4.78, 5) is 16.6. The average Bonchev–Trinajstić information content (AvgIpc) is 3.29. The van der Waals surface area contributed by atoms with Crippen molar-refractivity contribution in [2.45, 2.75) is 38.0 Å². The minimum atomic E-state index is -0.528. The lowest BCUT2D eigenvalue weighted by Gasteiger charge is -2.24. The van der Waals surface area contributed by atoms with Crippen LogP contribution in [-0.2, 0) is 0 Å². The second kappa shape index (κ2) is 7.74. The van der Waals surface area contributed by atoms with Crippen molar-refractivity contribution in [3.8, 4) is 28.7 Å². The summed E-state index contributed by atoms with van der Waals surface area (Å²) in [5.74, 6) is 1.68. The fraction of sp³-hybridized carbons (Fsp3) is 0.304. The van der Waals surface area contributed by atoms with Gasteiger partial charge in [0, 0.05) is 29.4 Å². The molecule has 1 aliphatic rings. The second-order valence-corrected chi connectivity index (χ2v) is 7.56. The third-order valence-electron chi connectivity index (χ3n) is 5.71. The van der Waals surface area contributed by atoms with E-state index in [4.69, 9.17) is 13.6 Å². The number of methoxy groups -OCH3 is 1. The fourth-order valence-corrected chi connectivity index (χ4v) is 4.17. The summed E-state index contributed by atoms with van der Waals surface area (Å²) in [6.45, 7) is 0. The van der Waals surface area contributed by atoms with Gasteiger partial charge in [-0.2, -0.15) is 0 Å². The van der Waals surface area contributed by atoms with E-state index in [0.717, 1.165) is 35.1 Å². The van der Waals surface area contributed by atoms with Crippen molar-refractivity contribution in [2.75, 3.05) is 7.11 Å². The van der Waals surface area contributed by atoms with Crippen LogP contribution in [0.3, 0.4) is 0 Å². The lowest BCUT2D eigenvalue weighted by Crippen LogP contribution is -2.07. The van der Waals surface area contributed by atoms with Gasteiger partial charge in [0.2, 0.25) is 5.89 Å². The van der Waals surface area contributed by atoms with Gasteiger partial charge < -0.3 is 13.6 Å². The fourth-order valence-electron chi connectivity index (χ4n) is 4.17. The van der Waals surface area contributed by atoms with Crippen molar-refractivity contribution in [2.24, 2.45) is 0 Å². The molecular weight excluding hydrogens is 382 g/mol. The number of pyridine rings is 1. The third-order valence-corrected chi connectivity index (χ3v) is 5.71. The zero-order chi connectivity index (χ0) is 20.5. The number of fused-ring (bicyclic) bond motifs is 1. The zero-order valence-electron chi connectivity index (χ0n) is 16.6. The molecule has 152 valence electrons. The molecule has 7 nitrogen and oxygen atoms in total. The van der Waals surface area contributed by atoms with Crippen LogP contribution >= 0.6 is 0 Å². The predicted octanol–water partition coefficient (Wildman–Crippen LogP) is 4.96. The molecule has 1 saturated carbocycles. The van der Waals surface area contributed by atoms with Crippen LogP contribution < -0.4 is 10.4 Å². The van der Waals surface area contributed by atoms with Crippen LogP contribution in [-0.4, -0.2) is 22.3 Å². The molecule has 3 heterocycles. The molecule has 0 N–H and O–H groups in total. The summed E-state index contributed by atoms with van der Waals surface area (Å²) in [5, 5.41) is 8.93. The summed E-state index contributed by atoms with van der Waals surface area (Å²) >= 11 is 0. The van der Waals surface area contributed by atoms with E-state index < -0.39 is 5.63 Å². The highest BCUT2D eigenvalue weighted by atomic mass is 16.5. The van der Waals surface area contributed by atoms with Crippen molar-refractivity contribution >= 4 is 11.0 Å². The number of aromatic nitrogens is 3. The van der Waals surface area contributed by atoms with Gasteiger partial charge >= 0.3 is 5.63 Å². The first-order valence-electron chi connectivity index (χ1n) is 10.1. The molecule has 1 aliphatic carbocycles. The van der Waals surface area contributed by atoms with Crippen molar-refractivity contribution in [3.63, 3.8) is 0 Å². The van der Waals surface area contributed by atoms with E-state index in [9.17, 15) is 4.79 Å². The molecule has 1 fully saturated rings. The maximum absolute atomic E-state index is 12.6. The van der Waals surface area contributed by atoms with Gasteiger partial charge in [-0.3, -0.25) is 4.98 Å². The quantitative estimate of drug-likeness (QED) is 0.445. The zero-order valence-corrected chi connectivity index (χ0v) is 16.6. The molecule has 30 heavy (non-hydrogen) atoms. The summed E-state index contributed by atoms with van der Waals surface area (Å²) in [7, 11) is 1.65. The summed E-state index contributed by atoms with van der Waals surface area (Å²) < 4.78 is 16.9. The van der Waals surface area contributed by atoms with Gasteiger partial charge in [-0.05, 0) is 48.6 Å². The van der Waals surface area contributed by atoms with E-state index in [1.54, 1.807) is 43.8 Å². The Labute approximate surface area is 172 Å². The van der Waals surface area contributed by atoms with Gasteiger partial charge in [0.05, 0.1) is 7.11 Å². The van der Waals surface area contributed by atoms with Crippen LogP contribution in [0.2, 0.25) is 0 Å². The second-order valence-electron chi connectivity index (χ2n) is 7.56. The van der Waals surface area contributed by atoms with Gasteiger partial charge in [-0.15, -0.1) is 10.2 Å². The van der Waals surface area contributed by atoms with Gasteiger partial charge in [-0.1, -0.05) is 19.3 Å². The van der Waals surface area contributed by atoms with Crippen LogP contribution in [0.5, 0.6) is 5.75 Å². The highest BCUT2D eigenvalue weighted by Gasteiger charge is 2.22. The summed E-state index contributed by atoms with van der Waals surface area (Å²) in [6, 6.07) is 9.17. The number of hydrogen-bond donors (Lipinski definition) is 0. The Balaban J connectivity index is 1.59. The Hall–Kier alpha value is -3.48. The van der Waals surface area contributed by atoms with Gasteiger partial charge in [-0.25, -0.2) is 4.79 Å². The number of benzene rings is 1. The predicted molar refractivity (Wildman–Crippen MR) is 111 cm³/mol. The molecule has 1 aromatic carbocycles. The Morgan fingerprint density at radius 3 is 2.50 bits per heavy atom. The molecule has 0 saturated heterocycles. The average molecular weight is 403 g/mol. The van der Waals surface area contributed by atoms with Crippen molar-refractivity contribution in [1.29, 1.82) is 0 Å². The van der Waals surface area contributed by atoms with Crippen molar-refractivity contribution < 1.29 is 13.6 Å². The number of rotatable bonds is 4. The van der Waals surface area contributed by atoms with Crippen LogP contribution in [0, 0.1) is 0 Å². The summed E-state index contributed by atoms with van der Waals surface area (Å²) in [5.41, 5.74) is 2.09. The molecule has 0 spiro atoms. The van der Waals surface area contributed by atoms with Gasteiger partial charge in [0.1, 0.15) is 16.9 Å². The van der Waals surface area contributed by atoms with E-state index in [0.29, 0.717) is 17.4 Å². The highest BCUT2D eigenvalue weighted by Crippen LogP contribution is 2.39. The van der Waals surface area contributed by atoms with Crippen LogP contribution in [0.15, 0.2) is 56.4 Å². The van der Waals surface area contributed by atoms with Gasteiger partial charge in [0.25, 0.3) is 5.89 Å². The van der Waals surface area contributed by atoms with E-state index >= 15 is 0 Å². The molecule has 3 aromatic heterocycles. The molecule has 0 unspecified atom stereocenters. The van der Waals surface area contributed by atoms with Crippen molar-refractivity contribution in [3.05, 3.63) is 58.7 Å². The Morgan fingerprint density at radius 1 is 0.967 bits per heavy atom. The SMILES string of the molecule is COc1cc2oc(=O)c(-c3nnc(-c4ccncc4)o3)cc2cc1C1CCCCC1. The molecular formula is C23H21N3O4. The Bertz CT molecular complexity index is 1240. The maximum Gasteiger partial charge on any atom is 0.349 e. The molecule has 0 radical (unpaired) electrons. The first-order valence-corrected chi connectivity index (χ1v) is 10.1. The topological polar surface area (TPSA) is 91.2 Å². The highest BCUT2D eigenvalue weighted by molar-refractivity contribution is 5.83. The minimum absolute atomic E-state index is 0.132. The first kappa shape index (κ1) is 18.5. The standard InChI is InChI=1S/C23H21N3O4/c1-28-20-13-19-16(11-17(20)14-5-3-2-4-6-14)12-18(23(27)29-19)22-26-25-21(30-22)15-7-9-24-10-8-15/h7-14H,2-6H2,1H3. The molecule has 0 aliphatic heterocycles. The molecule has 5 rings (SSSR count). The maximum atomic E-state index is 12.6. The van der Waals surface area contributed by atoms with Crippen LogP contribution in [0.4, 0.5) is 0 Å². The molecule has 0 amide bonds. The lowest BCUT2D eigenvalue weighted by molar-refractivity contribution is 0.387. The molecule has 7 heteroatoms.